The Balaban J connectivity index is 0.939. The fraction of sp³-hybridized carbons (Fsp3) is 0.333. The zero-order valence-electron chi connectivity index (χ0n) is 37.7. The van der Waals surface area contributed by atoms with Crippen LogP contribution in [-0.4, -0.2) is 114 Å². The van der Waals surface area contributed by atoms with Crippen LogP contribution in [0.15, 0.2) is 120 Å². The van der Waals surface area contributed by atoms with Crippen LogP contribution in [0.3, 0.4) is 0 Å². The molecular formula is C51H54N2O12S2. The summed E-state index contributed by atoms with van der Waals surface area (Å²) in [5.41, 5.74) is -1.50. The fourth-order valence-corrected chi connectivity index (χ4v) is 9.11. The second kappa shape index (κ2) is 24.3. The molecule has 0 saturated carbocycles. The Bertz CT molecular complexity index is 2660. The Morgan fingerprint density at radius 3 is 1.34 bits per heavy atom. The van der Waals surface area contributed by atoms with E-state index in [1.165, 1.54) is 0 Å². The molecule has 0 aliphatic heterocycles. The predicted octanol–water partition coefficient (Wildman–Crippen LogP) is 7.56. The van der Waals surface area contributed by atoms with E-state index in [9.17, 15) is 28.8 Å². The first kappa shape index (κ1) is 50.0. The fourth-order valence-electron chi connectivity index (χ4n) is 7.01. The number of benzene rings is 4. The van der Waals surface area contributed by atoms with Gasteiger partial charge in [-0.1, -0.05) is 37.4 Å². The molecule has 0 atom stereocenters. The minimum Gasteiger partial charge on any atom is -0.494 e. The highest BCUT2D eigenvalue weighted by Crippen LogP contribution is 2.29. The summed E-state index contributed by atoms with van der Waals surface area (Å²) in [5.74, 6) is -1.49. The highest BCUT2D eigenvalue weighted by atomic mass is 32.1. The highest BCUT2D eigenvalue weighted by Gasteiger charge is 2.38. The van der Waals surface area contributed by atoms with Crippen LogP contribution < -0.4 is 20.3 Å². The van der Waals surface area contributed by atoms with Crippen LogP contribution in [-0.2, 0) is 38.1 Å². The molecule has 67 heavy (non-hydrogen) atoms. The van der Waals surface area contributed by atoms with E-state index in [0.717, 1.165) is 31.0 Å². The molecule has 6 rings (SSSR count). The van der Waals surface area contributed by atoms with Gasteiger partial charge < -0.3 is 38.2 Å². The summed E-state index contributed by atoms with van der Waals surface area (Å²) >= 11 is 3.12. The number of fused-ring (bicyclic) bond motifs is 4. The van der Waals surface area contributed by atoms with Crippen molar-refractivity contribution >= 4 is 86.9 Å². The molecule has 0 aliphatic carbocycles. The molecule has 0 unspecified atom stereocenters. The lowest BCUT2D eigenvalue weighted by atomic mass is 9.92. The van der Waals surface area contributed by atoms with Crippen molar-refractivity contribution in [3.8, 4) is 11.5 Å². The summed E-state index contributed by atoms with van der Waals surface area (Å²) in [7, 11) is 3.72. The van der Waals surface area contributed by atoms with Crippen LogP contribution >= 0.6 is 22.7 Å². The van der Waals surface area contributed by atoms with Gasteiger partial charge in [0.1, 0.15) is 43.3 Å². The smallest absolute Gasteiger partial charge is 0.330 e. The normalized spacial score (nSPS) is 11.5. The molecule has 0 aliphatic rings. The summed E-state index contributed by atoms with van der Waals surface area (Å²) in [6, 6.07) is 26.1. The second-order valence-electron chi connectivity index (χ2n) is 16.1. The first-order chi connectivity index (χ1) is 32.4. The van der Waals surface area contributed by atoms with Crippen molar-refractivity contribution in [2.24, 2.45) is 5.41 Å². The van der Waals surface area contributed by atoms with Crippen molar-refractivity contribution in [2.45, 2.75) is 25.7 Å². The molecule has 0 amide bonds. The van der Waals surface area contributed by atoms with Gasteiger partial charge in [-0.15, -0.1) is 22.7 Å². The van der Waals surface area contributed by atoms with Crippen LogP contribution in [0.5, 0.6) is 11.5 Å². The topological polar surface area (TPSA) is 164 Å². The van der Waals surface area contributed by atoms with Crippen LogP contribution in [0.25, 0.3) is 40.3 Å². The lowest BCUT2D eigenvalue weighted by Gasteiger charge is -2.31. The lowest BCUT2D eigenvalue weighted by molar-refractivity contribution is -0.168. The molecule has 6 aromatic rings. The first-order valence-electron chi connectivity index (χ1n) is 21.8. The average molecular weight is 951 g/mol. The third-order valence-electron chi connectivity index (χ3n) is 10.8. The third kappa shape index (κ3) is 14.3. The molecule has 2 heterocycles. The van der Waals surface area contributed by atoms with Crippen molar-refractivity contribution in [3.05, 3.63) is 131 Å². The van der Waals surface area contributed by atoms with Gasteiger partial charge in [0.05, 0.1) is 26.1 Å². The number of carbonyl (C=O) groups is 4. The van der Waals surface area contributed by atoms with Crippen LogP contribution in [0.4, 0.5) is 0 Å². The number of rotatable bonds is 26. The Hall–Kier alpha value is -6.46. The van der Waals surface area contributed by atoms with Gasteiger partial charge in [0.25, 0.3) is 0 Å². The van der Waals surface area contributed by atoms with Crippen molar-refractivity contribution in [3.63, 3.8) is 0 Å². The molecule has 2 aromatic heterocycles. The van der Waals surface area contributed by atoms with Gasteiger partial charge in [-0.25, -0.2) is 9.59 Å². The van der Waals surface area contributed by atoms with Gasteiger partial charge in [0, 0.05) is 78.7 Å². The number of hydrogen-bond acceptors (Lipinski definition) is 16. The predicted molar refractivity (Wildman–Crippen MR) is 262 cm³/mol. The Kier molecular flexibility index (Phi) is 18.2. The van der Waals surface area contributed by atoms with E-state index < -0.39 is 55.7 Å². The SMILES string of the molecule is C=CC(=O)OCC(COC(=O)C=C)(COC(=O)CCN(C)CCCOc1ccc2sc3ccccc3c(=O)c2c1)COC(=O)CCN(C)CCCOc1ccc2sc3ccccc3c(=O)c2c1. The molecule has 0 fully saturated rings. The maximum atomic E-state index is 13.1. The van der Waals surface area contributed by atoms with Crippen molar-refractivity contribution in [1.82, 2.24) is 9.80 Å². The zero-order valence-corrected chi connectivity index (χ0v) is 39.3. The molecular weight excluding hydrogens is 897 g/mol. The molecule has 0 saturated heterocycles. The van der Waals surface area contributed by atoms with Gasteiger partial charge in [0.15, 0.2) is 10.9 Å². The number of ether oxygens (including phenoxy) is 6. The van der Waals surface area contributed by atoms with E-state index in [0.29, 0.717) is 85.3 Å². The van der Waals surface area contributed by atoms with Crippen molar-refractivity contribution in [2.75, 3.05) is 79.9 Å². The summed E-state index contributed by atoms with van der Waals surface area (Å²) in [6.07, 6.45) is 3.22. The summed E-state index contributed by atoms with van der Waals surface area (Å²) < 4.78 is 37.5. The molecule has 14 nitrogen and oxygen atoms in total. The Labute approximate surface area is 395 Å². The van der Waals surface area contributed by atoms with E-state index in [1.807, 2.05) is 96.7 Å². The van der Waals surface area contributed by atoms with Crippen molar-refractivity contribution in [1.29, 1.82) is 0 Å². The largest absolute Gasteiger partial charge is 0.494 e. The summed E-state index contributed by atoms with van der Waals surface area (Å²) in [4.78, 5) is 80.4. The maximum Gasteiger partial charge on any atom is 0.330 e. The maximum absolute atomic E-state index is 13.1. The van der Waals surface area contributed by atoms with E-state index in [2.05, 4.69) is 13.2 Å². The van der Waals surface area contributed by atoms with Crippen molar-refractivity contribution < 1.29 is 47.6 Å². The average Bonchev–Trinajstić information content (AvgIpc) is 3.35. The lowest BCUT2D eigenvalue weighted by Crippen LogP contribution is -2.44. The minimum absolute atomic E-state index is 0.0107. The van der Waals surface area contributed by atoms with Gasteiger partial charge >= 0.3 is 23.9 Å². The van der Waals surface area contributed by atoms with Crippen LogP contribution in [0, 0.1) is 5.41 Å². The van der Waals surface area contributed by atoms with E-state index in [-0.39, 0.29) is 23.7 Å². The number of hydrogen-bond donors (Lipinski definition) is 0. The molecule has 0 radical (unpaired) electrons. The quantitative estimate of drug-likeness (QED) is 0.0172. The summed E-state index contributed by atoms with van der Waals surface area (Å²) in [5, 5.41) is 2.59. The Morgan fingerprint density at radius 1 is 0.537 bits per heavy atom. The molecule has 352 valence electrons. The zero-order chi connectivity index (χ0) is 47.8. The summed E-state index contributed by atoms with van der Waals surface area (Å²) in [6.45, 7) is 7.89. The Morgan fingerprint density at radius 2 is 0.925 bits per heavy atom. The monoisotopic (exact) mass is 950 g/mol. The number of carbonyl (C=O) groups excluding carboxylic acids is 4. The van der Waals surface area contributed by atoms with E-state index >= 15 is 0 Å². The third-order valence-corrected chi connectivity index (χ3v) is 13.2. The minimum atomic E-state index is -1.44. The molecule has 0 bridgehead atoms. The van der Waals surface area contributed by atoms with Gasteiger partial charge in [-0.2, -0.15) is 0 Å². The van der Waals surface area contributed by atoms with Crippen LogP contribution in [0.2, 0.25) is 0 Å². The first-order valence-corrected chi connectivity index (χ1v) is 23.4. The highest BCUT2D eigenvalue weighted by molar-refractivity contribution is 7.24. The van der Waals surface area contributed by atoms with E-state index in [4.69, 9.17) is 28.4 Å². The molecule has 0 N–H and O–H groups in total. The van der Waals surface area contributed by atoms with Gasteiger partial charge in [0.2, 0.25) is 0 Å². The molecule has 16 heteroatoms. The molecule has 4 aromatic carbocycles. The standard InChI is InChI=1S/C51H54N2O12S2/c1-5-45(54)62-31-51(32-63-46(55)6-2,33-64-47(56)21-25-52(3)23-11-27-60-35-17-19-43-39(29-35)49(58)37-13-7-9-15-41(37)66-43)34-65-48(57)22-26-53(4)24-12-28-61-36-18-20-44-40(30-36)50(59)38-14-8-10-16-42(38)67-44/h5-10,13-20,29-30H,1-2,11-12,21-28,31-34H2,3-4H3. The number of esters is 4. The molecule has 0 spiro atoms. The number of nitrogens with zero attached hydrogens (tertiary/aromatic N) is 2. The van der Waals surface area contributed by atoms with Gasteiger partial charge in [-0.05, 0) is 87.6 Å². The van der Waals surface area contributed by atoms with E-state index in [1.54, 1.807) is 34.8 Å². The second-order valence-corrected chi connectivity index (χ2v) is 18.3. The van der Waals surface area contributed by atoms with Gasteiger partial charge in [-0.3, -0.25) is 19.2 Å². The van der Waals surface area contributed by atoms with Crippen LogP contribution in [0.1, 0.15) is 25.7 Å².